The molecule has 3 rings (SSSR count). The Labute approximate surface area is 162 Å². The summed E-state index contributed by atoms with van der Waals surface area (Å²) in [7, 11) is 1.64. The van der Waals surface area contributed by atoms with Crippen LogP contribution >= 0.6 is 0 Å². The van der Waals surface area contributed by atoms with Crippen LogP contribution in [-0.2, 0) is 16.1 Å². The molecule has 27 heavy (non-hydrogen) atoms. The van der Waals surface area contributed by atoms with Crippen molar-refractivity contribution in [2.75, 3.05) is 20.2 Å². The van der Waals surface area contributed by atoms with Gasteiger partial charge < -0.3 is 14.5 Å². The minimum atomic E-state index is -0.337. The Kier molecular flexibility index (Phi) is 6.75. The van der Waals surface area contributed by atoms with Gasteiger partial charge in [-0.25, -0.2) is 0 Å². The molecule has 1 heterocycles. The number of carbonyl (C=O) groups excluding carboxylic acids is 2. The molecule has 2 fully saturated rings. The zero-order chi connectivity index (χ0) is 19.2. The lowest BCUT2D eigenvalue weighted by atomic mass is 10.1. The number of hydrogen-bond donors (Lipinski definition) is 0. The molecule has 148 valence electrons. The molecule has 1 aromatic carbocycles. The number of rotatable bonds is 8. The lowest BCUT2D eigenvalue weighted by molar-refractivity contribution is -0.146. The van der Waals surface area contributed by atoms with Crippen LogP contribution in [0.3, 0.4) is 0 Å². The van der Waals surface area contributed by atoms with Crippen molar-refractivity contribution in [3.05, 3.63) is 29.8 Å². The summed E-state index contributed by atoms with van der Waals surface area (Å²) in [4.78, 5) is 30.0. The number of methoxy groups -OCH3 is 1. The molecule has 0 bridgehead atoms. The highest BCUT2D eigenvalue weighted by atomic mass is 16.5. The Morgan fingerprint density at radius 2 is 2.07 bits per heavy atom. The molecule has 1 aromatic rings. The smallest absolute Gasteiger partial charge is 0.245 e. The molecular formula is C22H32N2O3. The standard InChI is InChI=1S/C22H32N2O3/c1-3-13-23(15-17-11-12-17)22(26)20-9-4-5-10-21(25)24(20)16-18-7-6-8-19(14-18)27-2/h6-8,14,17,20H,3-5,9-13,15-16H2,1-2H3/t20-/m0/s1. The van der Waals surface area contributed by atoms with Gasteiger partial charge in [0.2, 0.25) is 11.8 Å². The topological polar surface area (TPSA) is 49.9 Å². The molecule has 1 aliphatic heterocycles. The first-order valence-electron chi connectivity index (χ1n) is 10.3. The summed E-state index contributed by atoms with van der Waals surface area (Å²) in [6.07, 6.45) is 6.50. The summed E-state index contributed by atoms with van der Waals surface area (Å²) in [6.45, 7) is 4.21. The van der Waals surface area contributed by atoms with Crippen LogP contribution in [0.1, 0.15) is 57.4 Å². The SMILES string of the molecule is CCCN(CC1CC1)C(=O)[C@@H]1CCCCC(=O)N1Cc1cccc(OC)c1. The zero-order valence-corrected chi connectivity index (χ0v) is 16.7. The van der Waals surface area contributed by atoms with Crippen LogP contribution < -0.4 is 4.74 Å². The molecule has 0 N–H and O–H groups in total. The number of hydrogen-bond acceptors (Lipinski definition) is 3. The van der Waals surface area contributed by atoms with Crippen LogP contribution in [0.2, 0.25) is 0 Å². The third kappa shape index (κ3) is 5.24. The van der Waals surface area contributed by atoms with Crippen molar-refractivity contribution >= 4 is 11.8 Å². The molecule has 5 heteroatoms. The van der Waals surface area contributed by atoms with E-state index in [0.717, 1.165) is 50.1 Å². The van der Waals surface area contributed by atoms with Crippen LogP contribution in [-0.4, -0.2) is 47.9 Å². The summed E-state index contributed by atoms with van der Waals surface area (Å²) in [5.74, 6) is 1.67. The molecule has 2 aliphatic rings. The Balaban J connectivity index is 1.79. The van der Waals surface area contributed by atoms with E-state index in [1.54, 1.807) is 7.11 Å². The molecule has 0 spiro atoms. The summed E-state index contributed by atoms with van der Waals surface area (Å²) in [5, 5.41) is 0. The zero-order valence-electron chi connectivity index (χ0n) is 16.7. The average Bonchev–Trinajstić information content (AvgIpc) is 3.51. The number of likely N-dealkylation sites (tertiary alicyclic amines) is 1. The van der Waals surface area contributed by atoms with E-state index >= 15 is 0 Å². The second kappa shape index (κ2) is 9.25. The van der Waals surface area contributed by atoms with Gasteiger partial charge in [0.25, 0.3) is 0 Å². The number of amides is 2. The molecule has 0 unspecified atom stereocenters. The summed E-state index contributed by atoms with van der Waals surface area (Å²) >= 11 is 0. The van der Waals surface area contributed by atoms with Crippen molar-refractivity contribution in [3.8, 4) is 5.75 Å². The van der Waals surface area contributed by atoms with Crippen molar-refractivity contribution in [1.29, 1.82) is 0 Å². The van der Waals surface area contributed by atoms with Crippen LogP contribution in [0.25, 0.3) is 0 Å². The number of carbonyl (C=O) groups is 2. The van der Waals surface area contributed by atoms with Gasteiger partial charge in [-0.3, -0.25) is 9.59 Å². The third-order valence-corrected chi connectivity index (χ3v) is 5.57. The second-order valence-corrected chi connectivity index (χ2v) is 7.86. The van der Waals surface area contributed by atoms with E-state index in [0.29, 0.717) is 18.9 Å². The number of ether oxygens (including phenoxy) is 1. The van der Waals surface area contributed by atoms with Gasteiger partial charge in [0.1, 0.15) is 11.8 Å². The molecule has 2 amide bonds. The predicted octanol–water partition coefficient (Wildman–Crippen LogP) is 3.62. The van der Waals surface area contributed by atoms with Crippen molar-refractivity contribution in [3.63, 3.8) is 0 Å². The molecule has 1 atom stereocenters. The van der Waals surface area contributed by atoms with E-state index in [2.05, 4.69) is 6.92 Å². The van der Waals surface area contributed by atoms with E-state index in [-0.39, 0.29) is 17.9 Å². The third-order valence-electron chi connectivity index (χ3n) is 5.57. The van der Waals surface area contributed by atoms with Crippen LogP contribution in [0.15, 0.2) is 24.3 Å². The predicted molar refractivity (Wildman–Crippen MR) is 105 cm³/mol. The lowest BCUT2D eigenvalue weighted by Crippen LogP contribution is -2.50. The molecule has 5 nitrogen and oxygen atoms in total. The number of nitrogens with zero attached hydrogens (tertiary/aromatic N) is 2. The maximum absolute atomic E-state index is 13.4. The Bertz CT molecular complexity index is 657. The maximum atomic E-state index is 13.4. The van der Waals surface area contributed by atoms with Crippen LogP contribution in [0, 0.1) is 5.92 Å². The van der Waals surface area contributed by atoms with Crippen molar-refractivity contribution in [1.82, 2.24) is 9.80 Å². The Morgan fingerprint density at radius 1 is 1.26 bits per heavy atom. The van der Waals surface area contributed by atoms with Crippen molar-refractivity contribution in [2.24, 2.45) is 5.92 Å². The van der Waals surface area contributed by atoms with Gasteiger partial charge in [-0.15, -0.1) is 0 Å². The van der Waals surface area contributed by atoms with Gasteiger partial charge in [0, 0.05) is 26.1 Å². The molecule has 0 aromatic heterocycles. The summed E-state index contributed by atoms with van der Waals surface area (Å²) in [6, 6.07) is 7.44. The lowest BCUT2D eigenvalue weighted by Gasteiger charge is -2.34. The first-order chi connectivity index (χ1) is 13.1. The first-order valence-corrected chi connectivity index (χ1v) is 10.3. The van der Waals surface area contributed by atoms with Gasteiger partial charge >= 0.3 is 0 Å². The average molecular weight is 373 g/mol. The normalized spacial score (nSPS) is 20.3. The molecule has 1 saturated heterocycles. The minimum Gasteiger partial charge on any atom is -0.497 e. The fourth-order valence-electron chi connectivity index (χ4n) is 3.89. The van der Waals surface area contributed by atoms with E-state index < -0.39 is 0 Å². The van der Waals surface area contributed by atoms with E-state index in [9.17, 15) is 9.59 Å². The molecule has 0 radical (unpaired) electrons. The number of benzene rings is 1. The van der Waals surface area contributed by atoms with Crippen molar-refractivity contribution < 1.29 is 14.3 Å². The van der Waals surface area contributed by atoms with Crippen LogP contribution in [0.5, 0.6) is 5.75 Å². The van der Waals surface area contributed by atoms with E-state index in [1.807, 2.05) is 34.1 Å². The fourth-order valence-corrected chi connectivity index (χ4v) is 3.89. The monoisotopic (exact) mass is 372 g/mol. The summed E-state index contributed by atoms with van der Waals surface area (Å²) in [5.41, 5.74) is 1.01. The molecule has 1 saturated carbocycles. The van der Waals surface area contributed by atoms with Crippen molar-refractivity contribution in [2.45, 2.75) is 64.5 Å². The van der Waals surface area contributed by atoms with E-state index in [4.69, 9.17) is 4.74 Å². The van der Waals surface area contributed by atoms with Gasteiger partial charge in [0.15, 0.2) is 0 Å². The van der Waals surface area contributed by atoms with Gasteiger partial charge in [-0.05, 0) is 55.7 Å². The second-order valence-electron chi connectivity index (χ2n) is 7.86. The van der Waals surface area contributed by atoms with Gasteiger partial charge in [-0.1, -0.05) is 25.5 Å². The highest BCUT2D eigenvalue weighted by molar-refractivity contribution is 5.88. The fraction of sp³-hybridized carbons (Fsp3) is 0.636. The Morgan fingerprint density at radius 3 is 2.78 bits per heavy atom. The van der Waals surface area contributed by atoms with E-state index in [1.165, 1.54) is 12.8 Å². The quantitative estimate of drug-likeness (QED) is 0.700. The molecular weight excluding hydrogens is 340 g/mol. The first kappa shape index (κ1) is 19.7. The largest absolute Gasteiger partial charge is 0.497 e. The van der Waals surface area contributed by atoms with Gasteiger partial charge in [0.05, 0.1) is 7.11 Å². The summed E-state index contributed by atoms with van der Waals surface area (Å²) < 4.78 is 5.31. The maximum Gasteiger partial charge on any atom is 0.245 e. The highest BCUT2D eigenvalue weighted by Crippen LogP contribution is 2.31. The van der Waals surface area contributed by atoms with Crippen LogP contribution in [0.4, 0.5) is 0 Å². The molecule has 1 aliphatic carbocycles. The highest BCUT2D eigenvalue weighted by Gasteiger charge is 2.36. The minimum absolute atomic E-state index is 0.0940. The van der Waals surface area contributed by atoms with Gasteiger partial charge in [-0.2, -0.15) is 0 Å². The Hall–Kier alpha value is -2.04.